The van der Waals surface area contributed by atoms with E-state index in [-0.39, 0.29) is 23.8 Å². The predicted octanol–water partition coefficient (Wildman–Crippen LogP) is 2.70. The van der Waals surface area contributed by atoms with Gasteiger partial charge in [0.2, 0.25) is 0 Å². The largest absolute Gasteiger partial charge is 0.462 e. The van der Waals surface area contributed by atoms with Crippen molar-refractivity contribution in [1.82, 2.24) is 4.37 Å². The SMILES string of the molecule is CCOC(=O)c1c(N)nsc1NCCc1cccc(F)c1. The number of nitrogens with one attached hydrogen (secondary N) is 1. The van der Waals surface area contributed by atoms with E-state index in [1.54, 1.807) is 13.0 Å². The molecular weight excluding hydrogens is 293 g/mol. The summed E-state index contributed by atoms with van der Waals surface area (Å²) in [5, 5.41) is 3.67. The maximum Gasteiger partial charge on any atom is 0.344 e. The van der Waals surface area contributed by atoms with Crippen molar-refractivity contribution in [1.29, 1.82) is 0 Å². The third-order valence-electron chi connectivity index (χ3n) is 2.79. The molecule has 0 spiro atoms. The number of rotatable bonds is 6. The third-order valence-corrected chi connectivity index (χ3v) is 3.61. The molecule has 0 atom stereocenters. The summed E-state index contributed by atoms with van der Waals surface area (Å²) >= 11 is 1.11. The molecule has 0 fully saturated rings. The van der Waals surface area contributed by atoms with Crippen molar-refractivity contribution >= 4 is 28.3 Å². The summed E-state index contributed by atoms with van der Waals surface area (Å²) < 4.78 is 22.0. The van der Waals surface area contributed by atoms with Crippen LogP contribution in [0.5, 0.6) is 0 Å². The Kier molecular flexibility index (Phi) is 5.10. The van der Waals surface area contributed by atoms with Crippen molar-refractivity contribution in [3.05, 3.63) is 41.2 Å². The minimum Gasteiger partial charge on any atom is -0.462 e. The highest BCUT2D eigenvalue weighted by molar-refractivity contribution is 7.11. The minimum atomic E-state index is -0.489. The number of benzene rings is 1. The van der Waals surface area contributed by atoms with E-state index in [0.717, 1.165) is 17.1 Å². The number of nitrogens with zero attached hydrogens (tertiary/aromatic N) is 1. The molecule has 0 bridgehead atoms. The van der Waals surface area contributed by atoms with Crippen LogP contribution in [-0.4, -0.2) is 23.5 Å². The zero-order valence-corrected chi connectivity index (χ0v) is 12.4. The van der Waals surface area contributed by atoms with Crippen molar-refractivity contribution in [3.63, 3.8) is 0 Å². The van der Waals surface area contributed by atoms with Gasteiger partial charge in [0.25, 0.3) is 0 Å². The van der Waals surface area contributed by atoms with Crippen LogP contribution in [0.4, 0.5) is 15.2 Å². The molecule has 0 saturated heterocycles. The van der Waals surface area contributed by atoms with E-state index in [1.165, 1.54) is 12.1 Å². The number of aromatic nitrogens is 1. The van der Waals surface area contributed by atoms with Gasteiger partial charge in [-0.2, -0.15) is 4.37 Å². The number of nitrogens with two attached hydrogens (primary N) is 1. The quantitative estimate of drug-likeness (QED) is 0.802. The monoisotopic (exact) mass is 309 g/mol. The summed E-state index contributed by atoms with van der Waals surface area (Å²) in [6, 6.07) is 6.39. The van der Waals surface area contributed by atoms with Gasteiger partial charge in [0.05, 0.1) is 6.61 Å². The summed E-state index contributed by atoms with van der Waals surface area (Å²) in [6.45, 7) is 2.54. The molecule has 3 N–H and O–H groups in total. The number of esters is 1. The topological polar surface area (TPSA) is 77.2 Å². The number of hydrogen-bond acceptors (Lipinski definition) is 6. The minimum absolute atomic E-state index is 0.159. The molecule has 0 radical (unpaired) electrons. The summed E-state index contributed by atoms with van der Waals surface area (Å²) in [6.07, 6.45) is 0.623. The molecule has 0 aliphatic heterocycles. The Morgan fingerprint density at radius 1 is 1.52 bits per heavy atom. The van der Waals surface area contributed by atoms with E-state index in [0.29, 0.717) is 18.0 Å². The van der Waals surface area contributed by atoms with Crippen LogP contribution in [0.1, 0.15) is 22.8 Å². The van der Waals surface area contributed by atoms with Crippen molar-refractivity contribution < 1.29 is 13.9 Å². The lowest BCUT2D eigenvalue weighted by atomic mass is 10.1. The van der Waals surface area contributed by atoms with Gasteiger partial charge in [-0.1, -0.05) is 12.1 Å². The van der Waals surface area contributed by atoms with Gasteiger partial charge in [-0.3, -0.25) is 0 Å². The molecule has 112 valence electrons. The van der Waals surface area contributed by atoms with Crippen molar-refractivity contribution in [2.75, 3.05) is 24.2 Å². The highest BCUT2D eigenvalue weighted by Gasteiger charge is 2.20. The number of ether oxygens (including phenoxy) is 1. The molecule has 21 heavy (non-hydrogen) atoms. The number of nitrogen functional groups attached to an aromatic ring is 1. The first-order chi connectivity index (χ1) is 10.1. The van der Waals surface area contributed by atoms with Crippen LogP contribution in [-0.2, 0) is 11.2 Å². The molecule has 0 amide bonds. The Balaban J connectivity index is 1.99. The molecule has 7 heteroatoms. The first-order valence-corrected chi connectivity index (χ1v) is 7.29. The summed E-state index contributed by atoms with van der Waals surface area (Å²) in [5.74, 6) is -0.592. The lowest BCUT2D eigenvalue weighted by molar-refractivity contribution is 0.0529. The summed E-state index contributed by atoms with van der Waals surface area (Å²) in [7, 11) is 0. The van der Waals surface area contributed by atoms with E-state index in [4.69, 9.17) is 10.5 Å². The first kappa shape index (κ1) is 15.2. The Labute approximate surface area is 126 Å². The summed E-state index contributed by atoms with van der Waals surface area (Å²) in [4.78, 5) is 11.8. The number of carbonyl (C=O) groups is 1. The number of anilines is 2. The third kappa shape index (κ3) is 3.91. The van der Waals surface area contributed by atoms with Gasteiger partial charge in [-0.25, -0.2) is 9.18 Å². The van der Waals surface area contributed by atoms with Crippen LogP contribution in [0.25, 0.3) is 0 Å². The van der Waals surface area contributed by atoms with Gasteiger partial charge in [-0.15, -0.1) is 0 Å². The van der Waals surface area contributed by atoms with Crippen molar-refractivity contribution in [3.8, 4) is 0 Å². The normalized spacial score (nSPS) is 10.4. The van der Waals surface area contributed by atoms with Gasteiger partial charge in [0.1, 0.15) is 16.4 Å². The smallest absolute Gasteiger partial charge is 0.344 e. The van der Waals surface area contributed by atoms with E-state index >= 15 is 0 Å². The molecule has 5 nitrogen and oxygen atoms in total. The van der Waals surface area contributed by atoms with Crippen molar-refractivity contribution in [2.24, 2.45) is 0 Å². The second kappa shape index (κ2) is 7.03. The van der Waals surface area contributed by atoms with Crippen LogP contribution in [0.2, 0.25) is 0 Å². The predicted molar refractivity (Wildman–Crippen MR) is 81.1 cm³/mol. The Bertz CT molecular complexity index is 630. The highest BCUT2D eigenvalue weighted by atomic mass is 32.1. The Morgan fingerprint density at radius 3 is 3.05 bits per heavy atom. The maximum atomic E-state index is 13.1. The van der Waals surface area contributed by atoms with Gasteiger partial charge < -0.3 is 15.8 Å². The number of hydrogen-bond donors (Lipinski definition) is 2. The zero-order valence-electron chi connectivity index (χ0n) is 11.6. The Morgan fingerprint density at radius 2 is 2.33 bits per heavy atom. The van der Waals surface area contributed by atoms with E-state index in [1.807, 2.05) is 6.07 Å². The number of halogens is 1. The van der Waals surface area contributed by atoms with Crippen LogP contribution in [0.15, 0.2) is 24.3 Å². The van der Waals surface area contributed by atoms with E-state index < -0.39 is 5.97 Å². The highest BCUT2D eigenvalue weighted by Crippen LogP contribution is 2.27. The molecule has 1 aromatic heterocycles. The fraction of sp³-hybridized carbons (Fsp3) is 0.286. The van der Waals surface area contributed by atoms with Crippen LogP contribution in [0, 0.1) is 5.82 Å². The van der Waals surface area contributed by atoms with E-state index in [9.17, 15) is 9.18 Å². The van der Waals surface area contributed by atoms with Gasteiger partial charge in [0.15, 0.2) is 5.82 Å². The zero-order chi connectivity index (χ0) is 15.2. The molecule has 1 heterocycles. The van der Waals surface area contributed by atoms with E-state index in [2.05, 4.69) is 9.69 Å². The molecule has 0 unspecified atom stereocenters. The molecule has 2 aromatic rings. The second-order valence-corrected chi connectivity index (χ2v) is 5.07. The second-order valence-electron chi connectivity index (χ2n) is 4.30. The molecule has 0 aliphatic carbocycles. The molecule has 0 saturated carbocycles. The molecule has 1 aromatic carbocycles. The van der Waals surface area contributed by atoms with Gasteiger partial charge in [-0.05, 0) is 42.6 Å². The molecule has 0 aliphatic rings. The lowest BCUT2D eigenvalue weighted by Crippen LogP contribution is -2.11. The van der Waals surface area contributed by atoms with Crippen LogP contribution >= 0.6 is 11.5 Å². The van der Waals surface area contributed by atoms with Crippen LogP contribution < -0.4 is 11.1 Å². The number of carbonyl (C=O) groups excluding carboxylic acids is 1. The Hall–Kier alpha value is -2.15. The summed E-state index contributed by atoms with van der Waals surface area (Å²) in [5.41, 5.74) is 6.82. The van der Waals surface area contributed by atoms with Gasteiger partial charge in [0, 0.05) is 6.54 Å². The fourth-order valence-electron chi connectivity index (χ4n) is 1.84. The molecule has 2 rings (SSSR count). The van der Waals surface area contributed by atoms with Crippen LogP contribution in [0.3, 0.4) is 0 Å². The first-order valence-electron chi connectivity index (χ1n) is 6.52. The fourth-order valence-corrected chi connectivity index (χ4v) is 2.56. The lowest BCUT2D eigenvalue weighted by Gasteiger charge is -2.07. The molecular formula is C14H16FN3O2S. The van der Waals surface area contributed by atoms with Crippen molar-refractivity contribution in [2.45, 2.75) is 13.3 Å². The van der Waals surface area contributed by atoms with Gasteiger partial charge >= 0.3 is 5.97 Å². The standard InChI is InChI=1S/C14H16FN3O2S/c1-2-20-14(19)11-12(16)18-21-13(11)17-7-6-9-4-3-5-10(15)8-9/h3-5,8,17H,2,6-7H2,1H3,(H2,16,18). The average Bonchev–Trinajstić information content (AvgIpc) is 2.80. The average molecular weight is 309 g/mol. The maximum absolute atomic E-state index is 13.1.